The zero-order valence-electron chi connectivity index (χ0n) is 16.6. The van der Waals surface area contributed by atoms with Crippen LogP contribution in [0.3, 0.4) is 0 Å². The monoisotopic (exact) mass is 408 g/mol. The molecule has 0 saturated carbocycles. The highest BCUT2D eigenvalue weighted by Gasteiger charge is 2.33. The number of hydrazone groups is 1. The topological polar surface area (TPSA) is 88.3 Å². The second-order valence-corrected chi connectivity index (χ2v) is 7.43. The normalized spacial score (nSPS) is 19.5. The summed E-state index contributed by atoms with van der Waals surface area (Å²) in [4.78, 5) is 26.1. The van der Waals surface area contributed by atoms with Crippen LogP contribution < -0.4 is 0 Å². The zero-order chi connectivity index (χ0) is 20.9. The third-order valence-electron chi connectivity index (χ3n) is 5.48. The number of hydrogen-bond donors (Lipinski definition) is 0. The SMILES string of the molecule is O=C(CCN1CCOCC1)N1N=C(c2ccccc2)CC1c1cccc([N+](=O)[O-])c1. The van der Waals surface area contributed by atoms with Gasteiger partial charge in [-0.15, -0.1) is 0 Å². The Morgan fingerprint density at radius 1 is 1.13 bits per heavy atom. The Balaban J connectivity index is 1.56. The molecule has 8 nitrogen and oxygen atoms in total. The van der Waals surface area contributed by atoms with Gasteiger partial charge in [-0.2, -0.15) is 5.10 Å². The Hall–Kier alpha value is -3.10. The Kier molecular flexibility index (Phi) is 6.15. The molecule has 1 fully saturated rings. The smallest absolute Gasteiger partial charge is 0.269 e. The van der Waals surface area contributed by atoms with Gasteiger partial charge in [0.05, 0.1) is 29.9 Å². The Labute approximate surface area is 174 Å². The van der Waals surface area contributed by atoms with Gasteiger partial charge in [0.25, 0.3) is 5.69 Å². The zero-order valence-corrected chi connectivity index (χ0v) is 16.6. The number of morpholine rings is 1. The van der Waals surface area contributed by atoms with E-state index in [9.17, 15) is 14.9 Å². The van der Waals surface area contributed by atoms with Crippen LogP contribution in [0.1, 0.15) is 30.0 Å². The van der Waals surface area contributed by atoms with Gasteiger partial charge in [0.15, 0.2) is 0 Å². The highest BCUT2D eigenvalue weighted by molar-refractivity contribution is 6.03. The molecule has 156 valence electrons. The van der Waals surface area contributed by atoms with Gasteiger partial charge in [-0.1, -0.05) is 42.5 Å². The lowest BCUT2D eigenvalue weighted by atomic mass is 9.98. The van der Waals surface area contributed by atoms with E-state index in [-0.39, 0.29) is 17.6 Å². The quantitative estimate of drug-likeness (QED) is 0.542. The summed E-state index contributed by atoms with van der Waals surface area (Å²) in [7, 11) is 0. The van der Waals surface area contributed by atoms with Gasteiger partial charge in [-0.05, 0) is 11.1 Å². The molecule has 1 amide bonds. The van der Waals surface area contributed by atoms with Crippen LogP contribution in [0, 0.1) is 10.1 Å². The molecule has 2 aromatic rings. The van der Waals surface area contributed by atoms with Gasteiger partial charge < -0.3 is 4.74 Å². The van der Waals surface area contributed by atoms with Crippen molar-refractivity contribution in [3.63, 3.8) is 0 Å². The molecule has 1 saturated heterocycles. The fourth-order valence-electron chi connectivity index (χ4n) is 3.84. The van der Waals surface area contributed by atoms with Crippen molar-refractivity contribution in [3.05, 3.63) is 75.8 Å². The van der Waals surface area contributed by atoms with E-state index in [2.05, 4.69) is 10.0 Å². The van der Waals surface area contributed by atoms with Crippen LogP contribution >= 0.6 is 0 Å². The van der Waals surface area contributed by atoms with Crippen LogP contribution in [0.2, 0.25) is 0 Å². The first kappa shape index (κ1) is 20.2. The number of nitrogens with zero attached hydrogens (tertiary/aromatic N) is 4. The van der Waals surface area contributed by atoms with Crippen molar-refractivity contribution in [3.8, 4) is 0 Å². The predicted octanol–water partition coefficient (Wildman–Crippen LogP) is 2.99. The van der Waals surface area contributed by atoms with Crippen LogP contribution in [0.4, 0.5) is 5.69 Å². The van der Waals surface area contributed by atoms with Crippen molar-refractivity contribution >= 4 is 17.3 Å². The average molecular weight is 408 g/mol. The van der Waals surface area contributed by atoms with Gasteiger partial charge in [-0.3, -0.25) is 19.8 Å². The number of amides is 1. The standard InChI is InChI=1S/C22H24N4O4/c27-22(9-10-24-11-13-30-14-12-24)25-21(18-7-4-8-19(15-18)26(28)29)16-20(23-25)17-5-2-1-3-6-17/h1-8,15,21H,9-14,16H2. The number of nitro benzene ring substituents is 1. The molecule has 0 bridgehead atoms. The van der Waals surface area contributed by atoms with Gasteiger partial charge in [0.1, 0.15) is 0 Å². The summed E-state index contributed by atoms with van der Waals surface area (Å²) in [6, 6.07) is 15.9. The lowest BCUT2D eigenvalue weighted by Gasteiger charge is -2.27. The maximum Gasteiger partial charge on any atom is 0.269 e. The van der Waals surface area contributed by atoms with E-state index in [0.29, 0.717) is 32.6 Å². The summed E-state index contributed by atoms with van der Waals surface area (Å²) in [5.74, 6) is -0.0797. The molecule has 0 aromatic heterocycles. The number of hydrogen-bond acceptors (Lipinski definition) is 6. The largest absolute Gasteiger partial charge is 0.379 e. The average Bonchev–Trinajstić information content (AvgIpc) is 3.24. The summed E-state index contributed by atoms with van der Waals surface area (Å²) in [5.41, 5.74) is 2.50. The van der Waals surface area contributed by atoms with Crippen molar-refractivity contribution in [2.24, 2.45) is 5.10 Å². The fourth-order valence-corrected chi connectivity index (χ4v) is 3.84. The molecule has 30 heavy (non-hydrogen) atoms. The van der Waals surface area contributed by atoms with E-state index in [4.69, 9.17) is 4.74 Å². The molecule has 8 heteroatoms. The molecule has 2 aliphatic rings. The summed E-state index contributed by atoms with van der Waals surface area (Å²) in [5, 5.41) is 17.4. The second kappa shape index (κ2) is 9.15. The van der Waals surface area contributed by atoms with E-state index in [0.717, 1.165) is 29.9 Å². The minimum atomic E-state index is -0.415. The minimum Gasteiger partial charge on any atom is -0.379 e. The Bertz CT molecular complexity index is 941. The Morgan fingerprint density at radius 3 is 2.63 bits per heavy atom. The minimum absolute atomic E-state index is 0.0152. The molecule has 1 unspecified atom stereocenters. The summed E-state index contributed by atoms with van der Waals surface area (Å²) in [6.45, 7) is 3.66. The molecule has 2 heterocycles. The van der Waals surface area contributed by atoms with Gasteiger partial charge in [-0.25, -0.2) is 5.01 Å². The van der Waals surface area contributed by atoms with Crippen LogP contribution in [0.25, 0.3) is 0 Å². The highest BCUT2D eigenvalue weighted by atomic mass is 16.6. The highest BCUT2D eigenvalue weighted by Crippen LogP contribution is 2.34. The lowest BCUT2D eigenvalue weighted by molar-refractivity contribution is -0.384. The third-order valence-corrected chi connectivity index (χ3v) is 5.48. The number of carbonyl (C=O) groups is 1. The molecule has 2 aromatic carbocycles. The van der Waals surface area contributed by atoms with Gasteiger partial charge >= 0.3 is 0 Å². The van der Waals surface area contributed by atoms with E-state index in [1.54, 1.807) is 6.07 Å². The first-order valence-corrected chi connectivity index (χ1v) is 10.1. The maximum absolute atomic E-state index is 13.1. The van der Waals surface area contributed by atoms with Crippen LogP contribution in [0.5, 0.6) is 0 Å². The van der Waals surface area contributed by atoms with E-state index in [1.165, 1.54) is 17.1 Å². The van der Waals surface area contributed by atoms with Crippen LogP contribution in [-0.4, -0.2) is 59.3 Å². The first-order chi connectivity index (χ1) is 14.6. The van der Waals surface area contributed by atoms with Crippen molar-refractivity contribution in [2.75, 3.05) is 32.8 Å². The molecular weight excluding hydrogens is 384 g/mol. The van der Waals surface area contributed by atoms with Crippen molar-refractivity contribution in [1.29, 1.82) is 0 Å². The molecule has 0 radical (unpaired) electrons. The predicted molar refractivity (Wildman–Crippen MR) is 112 cm³/mol. The van der Waals surface area contributed by atoms with Crippen LogP contribution in [-0.2, 0) is 9.53 Å². The lowest BCUT2D eigenvalue weighted by Crippen LogP contribution is -2.39. The number of benzene rings is 2. The van der Waals surface area contributed by atoms with E-state index < -0.39 is 4.92 Å². The number of ether oxygens (including phenoxy) is 1. The van der Waals surface area contributed by atoms with Crippen molar-refractivity contribution < 1.29 is 14.5 Å². The number of rotatable bonds is 6. The second-order valence-electron chi connectivity index (χ2n) is 7.43. The molecule has 0 N–H and O–H groups in total. The summed E-state index contributed by atoms with van der Waals surface area (Å²) < 4.78 is 5.36. The summed E-state index contributed by atoms with van der Waals surface area (Å²) in [6.07, 6.45) is 0.867. The fraction of sp³-hybridized carbons (Fsp3) is 0.364. The molecule has 0 spiro atoms. The molecule has 0 aliphatic carbocycles. The third kappa shape index (κ3) is 4.55. The molecule has 1 atom stereocenters. The summed E-state index contributed by atoms with van der Waals surface area (Å²) >= 11 is 0. The Morgan fingerprint density at radius 2 is 1.90 bits per heavy atom. The number of non-ortho nitro benzene ring substituents is 1. The van der Waals surface area contributed by atoms with E-state index in [1.807, 2.05) is 36.4 Å². The molecule has 4 rings (SSSR count). The first-order valence-electron chi connectivity index (χ1n) is 10.1. The molecule has 2 aliphatic heterocycles. The van der Waals surface area contributed by atoms with Crippen molar-refractivity contribution in [2.45, 2.75) is 18.9 Å². The van der Waals surface area contributed by atoms with Crippen LogP contribution in [0.15, 0.2) is 59.7 Å². The van der Waals surface area contributed by atoms with Crippen molar-refractivity contribution in [1.82, 2.24) is 9.91 Å². The molecular formula is C22H24N4O4. The number of nitro groups is 1. The maximum atomic E-state index is 13.1. The van der Waals surface area contributed by atoms with E-state index >= 15 is 0 Å². The number of carbonyl (C=O) groups excluding carboxylic acids is 1. The van der Waals surface area contributed by atoms with Gasteiger partial charge in [0, 0.05) is 44.6 Å². The van der Waals surface area contributed by atoms with Gasteiger partial charge in [0.2, 0.25) is 5.91 Å².